The van der Waals surface area contributed by atoms with Gasteiger partial charge in [0.1, 0.15) is 0 Å². The first kappa shape index (κ1) is 15.9. The van der Waals surface area contributed by atoms with Gasteiger partial charge in [-0.05, 0) is 30.7 Å². The minimum absolute atomic E-state index is 0.196. The van der Waals surface area contributed by atoms with Gasteiger partial charge in [-0.2, -0.15) is 18.2 Å². The summed E-state index contributed by atoms with van der Waals surface area (Å²) in [7, 11) is 0. The Kier molecular flexibility index (Phi) is 5.04. The number of benzene rings is 2. The van der Waals surface area contributed by atoms with Crippen LogP contribution in [0.4, 0.5) is 24.5 Å². The van der Waals surface area contributed by atoms with E-state index in [0.717, 1.165) is 5.56 Å². The fourth-order valence-corrected chi connectivity index (χ4v) is 1.69. The van der Waals surface area contributed by atoms with Crippen LogP contribution in [0.25, 0.3) is 0 Å². The molecule has 0 aliphatic rings. The fourth-order valence-electron chi connectivity index (χ4n) is 1.69. The summed E-state index contributed by atoms with van der Waals surface area (Å²) in [5, 5.41) is 2.76. The lowest BCUT2D eigenvalue weighted by Gasteiger charge is -2.13. The Morgan fingerprint density at radius 3 is 2.32 bits per heavy atom. The number of ether oxygens (including phenoxy) is 1. The lowest BCUT2D eigenvalue weighted by molar-refractivity contribution is -0.156. The van der Waals surface area contributed by atoms with Crippen LogP contribution in [0.1, 0.15) is 5.56 Å². The topological polar surface area (TPSA) is 33.6 Å². The highest BCUT2D eigenvalue weighted by molar-refractivity contribution is 5.91. The highest BCUT2D eigenvalue weighted by atomic mass is 19.4. The van der Waals surface area contributed by atoms with Crippen LogP contribution >= 0.6 is 0 Å². The number of hydrogen-bond donors (Lipinski definition) is 1. The van der Waals surface area contributed by atoms with Gasteiger partial charge in [0.2, 0.25) is 0 Å². The van der Waals surface area contributed by atoms with Crippen molar-refractivity contribution in [1.29, 1.82) is 0 Å². The molecular weight excluding hydrogens is 293 g/mol. The van der Waals surface area contributed by atoms with E-state index >= 15 is 0 Å². The van der Waals surface area contributed by atoms with E-state index in [1.807, 2.05) is 19.1 Å². The molecule has 0 fully saturated rings. The third-order valence-corrected chi connectivity index (χ3v) is 2.74. The number of nitrogens with one attached hydrogen (secondary N) is 1. The molecule has 0 amide bonds. The molecule has 0 unspecified atom stereocenters. The molecule has 0 saturated heterocycles. The van der Waals surface area contributed by atoms with E-state index < -0.39 is 12.8 Å². The van der Waals surface area contributed by atoms with E-state index in [0.29, 0.717) is 11.4 Å². The van der Waals surface area contributed by atoms with Gasteiger partial charge < -0.3 is 10.1 Å². The van der Waals surface area contributed by atoms with Gasteiger partial charge in [0.05, 0.1) is 5.69 Å². The average Bonchev–Trinajstić information content (AvgIpc) is 2.47. The van der Waals surface area contributed by atoms with Crippen LogP contribution in [-0.2, 0) is 4.74 Å². The van der Waals surface area contributed by atoms with Crippen molar-refractivity contribution in [2.24, 2.45) is 4.99 Å². The zero-order valence-electron chi connectivity index (χ0n) is 11.9. The predicted octanol–water partition coefficient (Wildman–Crippen LogP) is 4.67. The molecule has 0 aliphatic carbocycles. The molecule has 2 aromatic rings. The zero-order chi connectivity index (χ0) is 16.0. The number of para-hydroxylation sites is 2. The summed E-state index contributed by atoms with van der Waals surface area (Å²) >= 11 is 0. The Bertz CT molecular complexity index is 639. The molecule has 22 heavy (non-hydrogen) atoms. The quantitative estimate of drug-likeness (QED) is 0.660. The molecule has 3 nitrogen and oxygen atoms in total. The SMILES string of the molecule is Cc1ccccc1N=C(Nc1ccccc1)OCC(F)(F)F. The Labute approximate surface area is 126 Å². The van der Waals surface area contributed by atoms with Gasteiger partial charge in [-0.3, -0.25) is 0 Å². The molecule has 6 heteroatoms. The van der Waals surface area contributed by atoms with Crippen molar-refractivity contribution in [1.82, 2.24) is 0 Å². The standard InChI is InChI=1S/C16H15F3N2O/c1-12-7-5-6-10-14(12)21-15(22-11-16(17,18)19)20-13-8-3-2-4-9-13/h2-10H,11H2,1H3,(H,20,21). The van der Waals surface area contributed by atoms with Crippen LogP contribution in [0.15, 0.2) is 59.6 Å². The highest BCUT2D eigenvalue weighted by Gasteiger charge is 2.29. The number of rotatable bonds is 3. The van der Waals surface area contributed by atoms with Gasteiger partial charge in [0.15, 0.2) is 6.61 Å². The fraction of sp³-hybridized carbons (Fsp3) is 0.188. The Morgan fingerprint density at radius 2 is 1.68 bits per heavy atom. The van der Waals surface area contributed by atoms with Crippen molar-refractivity contribution in [3.63, 3.8) is 0 Å². The molecule has 1 N–H and O–H groups in total. The van der Waals surface area contributed by atoms with Crippen LogP contribution in [0, 0.1) is 6.92 Å². The van der Waals surface area contributed by atoms with E-state index in [2.05, 4.69) is 10.3 Å². The number of aliphatic imine (C=N–C) groups is 1. The van der Waals surface area contributed by atoms with Gasteiger partial charge in [-0.25, -0.2) is 0 Å². The number of halogens is 3. The monoisotopic (exact) mass is 308 g/mol. The van der Waals surface area contributed by atoms with Gasteiger partial charge in [0, 0.05) is 5.69 Å². The van der Waals surface area contributed by atoms with Crippen molar-refractivity contribution < 1.29 is 17.9 Å². The summed E-state index contributed by atoms with van der Waals surface area (Å²) in [6.45, 7) is 0.417. The largest absolute Gasteiger partial charge is 0.455 e. The molecule has 0 spiro atoms. The Morgan fingerprint density at radius 1 is 1.05 bits per heavy atom. The van der Waals surface area contributed by atoms with Crippen molar-refractivity contribution >= 4 is 17.4 Å². The van der Waals surface area contributed by atoms with Crippen LogP contribution in [0.2, 0.25) is 0 Å². The van der Waals surface area contributed by atoms with Gasteiger partial charge in [-0.15, -0.1) is 0 Å². The minimum atomic E-state index is -4.43. The van der Waals surface area contributed by atoms with Crippen LogP contribution < -0.4 is 5.32 Å². The molecule has 2 aromatic carbocycles. The van der Waals surface area contributed by atoms with Crippen molar-refractivity contribution in [2.75, 3.05) is 11.9 Å². The molecule has 2 rings (SSSR count). The van der Waals surface area contributed by atoms with Crippen LogP contribution in [-0.4, -0.2) is 18.8 Å². The number of anilines is 1. The molecule has 0 aliphatic heterocycles. The summed E-state index contributed by atoms with van der Waals surface area (Å²) in [6, 6.07) is 15.7. The third-order valence-electron chi connectivity index (χ3n) is 2.74. The second-order valence-corrected chi connectivity index (χ2v) is 4.60. The summed E-state index contributed by atoms with van der Waals surface area (Å²) in [4.78, 5) is 4.14. The highest BCUT2D eigenvalue weighted by Crippen LogP contribution is 2.20. The number of hydrogen-bond acceptors (Lipinski definition) is 2. The third kappa shape index (κ3) is 5.12. The van der Waals surface area contributed by atoms with Crippen molar-refractivity contribution in [3.8, 4) is 0 Å². The van der Waals surface area contributed by atoms with E-state index in [1.54, 1.807) is 42.5 Å². The van der Waals surface area contributed by atoms with Crippen LogP contribution in [0.5, 0.6) is 0 Å². The summed E-state index contributed by atoms with van der Waals surface area (Å²) < 4.78 is 41.9. The summed E-state index contributed by atoms with van der Waals surface area (Å²) in [5.41, 5.74) is 1.98. The maximum atomic E-state index is 12.4. The number of alkyl halides is 3. The first-order valence-corrected chi connectivity index (χ1v) is 6.60. The Balaban J connectivity index is 2.23. The molecular formula is C16H15F3N2O. The van der Waals surface area contributed by atoms with E-state index in [9.17, 15) is 13.2 Å². The molecule has 0 bridgehead atoms. The smallest absolute Gasteiger partial charge is 0.422 e. The second-order valence-electron chi connectivity index (χ2n) is 4.60. The Hall–Kier alpha value is -2.50. The van der Waals surface area contributed by atoms with E-state index in [1.165, 1.54) is 0 Å². The van der Waals surface area contributed by atoms with Gasteiger partial charge in [-0.1, -0.05) is 36.4 Å². The van der Waals surface area contributed by atoms with Crippen molar-refractivity contribution in [3.05, 3.63) is 60.2 Å². The predicted molar refractivity (Wildman–Crippen MR) is 80.3 cm³/mol. The summed E-state index contributed by atoms with van der Waals surface area (Å²) in [5.74, 6) is 0. The minimum Gasteiger partial charge on any atom is -0.455 e. The first-order valence-electron chi connectivity index (χ1n) is 6.60. The van der Waals surface area contributed by atoms with Gasteiger partial charge in [0.25, 0.3) is 6.02 Å². The maximum Gasteiger partial charge on any atom is 0.422 e. The number of amidine groups is 1. The number of nitrogens with zero attached hydrogens (tertiary/aromatic N) is 1. The van der Waals surface area contributed by atoms with Gasteiger partial charge >= 0.3 is 6.18 Å². The summed E-state index contributed by atoms with van der Waals surface area (Å²) in [6.07, 6.45) is -4.43. The average molecular weight is 308 g/mol. The first-order chi connectivity index (χ1) is 10.4. The van der Waals surface area contributed by atoms with Crippen LogP contribution in [0.3, 0.4) is 0 Å². The van der Waals surface area contributed by atoms with Crippen molar-refractivity contribution in [2.45, 2.75) is 13.1 Å². The normalized spacial score (nSPS) is 12.1. The molecule has 0 heterocycles. The zero-order valence-corrected chi connectivity index (χ0v) is 11.9. The molecule has 0 radical (unpaired) electrons. The van der Waals surface area contributed by atoms with E-state index in [-0.39, 0.29) is 6.02 Å². The lowest BCUT2D eigenvalue weighted by atomic mass is 10.2. The molecule has 0 saturated carbocycles. The molecule has 116 valence electrons. The number of aryl methyl sites for hydroxylation is 1. The molecule has 0 atom stereocenters. The van der Waals surface area contributed by atoms with E-state index in [4.69, 9.17) is 4.74 Å². The lowest BCUT2D eigenvalue weighted by Crippen LogP contribution is -2.24. The maximum absolute atomic E-state index is 12.4. The molecule has 0 aromatic heterocycles. The second kappa shape index (κ2) is 6.98.